The van der Waals surface area contributed by atoms with Crippen molar-refractivity contribution in [2.45, 2.75) is 4.90 Å². The van der Waals surface area contributed by atoms with Crippen LogP contribution in [-0.2, 0) is 17.1 Å². The molecule has 3 rings (SSSR count). The number of anilines is 1. The molecule has 2 aromatic heterocycles. The molecule has 0 saturated carbocycles. The first kappa shape index (κ1) is 13.4. The van der Waals surface area contributed by atoms with Crippen LogP contribution in [0, 0.1) is 0 Å². The zero-order chi connectivity index (χ0) is 14.9. The molecule has 0 spiro atoms. The van der Waals surface area contributed by atoms with Gasteiger partial charge in [-0.05, 0) is 0 Å². The van der Waals surface area contributed by atoms with Gasteiger partial charge >= 0.3 is 0 Å². The van der Waals surface area contributed by atoms with E-state index in [4.69, 9.17) is 0 Å². The van der Waals surface area contributed by atoms with Gasteiger partial charge in [0.05, 0.1) is 0 Å². The highest BCUT2D eigenvalue weighted by Gasteiger charge is 2.23. The zero-order valence-electron chi connectivity index (χ0n) is 11.1. The smallest absolute Gasteiger partial charge is 0.266 e. The van der Waals surface area contributed by atoms with Gasteiger partial charge in [0.1, 0.15) is 16.9 Å². The van der Waals surface area contributed by atoms with Crippen molar-refractivity contribution in [1.29, 1.82) is 0 Å². The first-order chi connectivity index (χ1) is 10.1. The standard InChI is InChI=1S/C13H12N4O3S/c1-17-9-11(13(14-17)10-5-3-2-4-6-10)21(18,19)16-12-7-8-20-15-12/h2-9H,1H3,(H,15,16). The van der Waals surface area contributed by atoms with Crippen molar-refractivity contribution in [2.75, 3.05) is 4.72 Å². The van der Waals surface area contributed by atoms with Crippen LogP contribution in [0.4, 0.5) is 5.82 Å². The Morgan fingerprint density at radius 3 is 2.62 bits per heavy atom. The highest BCUT2D eigenvalue weighted by molar-refractivity contribution is 7.92. The molecule has 2 heterocycles. The number of hydrogen-bond donors (Lipinski definition) is 1. The maximum absolute atomic E-state index is 12.5. The molecule has 0 amide bonds. The summed E-state index contributed by atoms with van der Waals surface area (Å²) in [6.45, 7) is 0. The Morgan fingerprint density at radius 1 is 1.19 bits per heavy atom. The fourth-order valence-electron chi connectivity index (χ4n) is 1.92. The van der Waals surface area contributed by atoms with Crippen LogP contribution in [0.1, 0.15) is 0 Å². The molecule has 0 aliphatic heterocycles. The summed E-state index contributed by atoms with van der Waals surface area (Å²) >= 11 is 0. The fourth-order valence-corrected chi connectivity index (χ4v) is 3.11. The molecule has 8 heteroatoms. The van der Waals surface area contributed by atoms with E-state index in [1.165, 1.54) is 23.2 Å². The second-order valence-electron chi connectivity index (χ2n) is 4.37. The minimum atomic E-state index is -3.80. The van der Waals surface area contributed by atoms with E-state index in [0.29, 0.717) is 5.69 Å². The predicted octanol–water partition coefficient (Wildman–Crippen LogP) is 1.88. The van der Waals surface area contributed by atoms with Gasteiger partial charge in [0.25, 0.3) is 10.0 Å². The van der Waals surface area contributed by atoms with E-state index in [-0.39, 0.29) is 10.7 Å². The number of aryl methyl sites for hydroxylation is 1. The van der Waals surface area contributed by atoms with Crippen LogP contribution >= 0.6 is 0 Å². The largest absolute Gasteiger partial charge is 0.363 e. The van der Waals surface area contributed by atoms with Crippen LogP contribution in [0.5, 0.6) is 0 Å². The average molecular weight is 304 g/mol. The van der Waals surface area contributed by atoms with Crippen molar-refractivity contribution in [2.24, 2.45) is 7.05 Å². The summed E-state index contributed by atoms with van der Waals surface area (Å²) in [6, 6.07) is 10.5. The van der Waals surface area contributed by atoms with Gasteiger partial charge in [0, 0.05) is 24.9 Å². The highest BCUT2D eigenvalue weighted by atomic mass is 32.2. The van der Waals surface area contributed by atoms with Crippen molar-refractivity contribution in [3.8, 4) is 11.3 Å². The lowest BCUT2D eigenvalue weighted by Gasteiger charge is -2.05. The molecular weight excluding hydrogens is 292 g/mol. The third kappa shape index (κ3) is 2.65. The van der Waals surface area contributed by atoms with E-state index < -0.39 is 10.0 Å². The second-order valence-corrected chi connectivity index (χ2v) is 6.02. The number of nitrogens with one attached hydrogen (secondary N) is 1. The van der Waals surface area contributed by atoms with E-state index in [1.807, 2.05) is 18.2 Å². The van der Waals surface area contributed by atoms with Gasteiger partial charge in [0.15, 0.2) is 5.82 Å². The van der Waals surface area contributed by atoms with Crippen molar-refractivity contribution in [1.82, 2.24) is 14.9 Å². The van der Waals surface area contributed by atoms with Gasteiger partial charge in [0.2, 0.25) is 0 Å². The molecule has 0 radical (unpaired) electrons. The van der Waals surface area contributed by atoms with Crippen LogP contribution < -0.4 is 4.72 Å². The Labute approximate surface area is 121 Å². The number of hydrogen-bond acceptors (Lipinski definition) is 5. The Kier molecular flexibility index (Phi) is 3.22. The van der Waals surface area contributed by atoms with Gasteiger partial charge in [-0.2, -0.15) is 5.10 Å². The van der Waals surface area contributed by atoms with Crippen molar-refractivity contribution in [3.63, 3.8) is 0 Å². The first-order valence-corrected chi connectivity index (χ1v) is 7.57. The van der Waals surface area contributed by atoms with Gasteiger partial charge in [-0.15, -0.1) is 0 Å². The molecule has 1 N–H and O–H groups in total. The van der Waals surface area contributed by atoms with E-state index in [1.54, 1.807) is 19.2 Å². The number of rotatable bonds is 4. The summed E-state index contributed by atoms with van der Waals surface area (Å²) in [5.41, 5.74) is 1.10. The van der Waals surface area contributed by atoms with E-state index >= 15 is 0 Å². The summed E-state index contributed by atoms with van der Waals surface area (Å²) < 4.78 is 33.4. The molecule has 21 heavy (non-hydrogen) atoms. The Hall–Kier alpha value is -2.61. The Balaban J connectivity index is 2.07. The number of benzene rings is 1. The Bertz CT molecular complexity index is 839. The molecule has 0 unspecified atom stereocenters. The second kappa shape index (κ2) is 5.06. The SMILES string of the molecule is Cn1cc(S(=O)(=O)Nc2ccon2)c(-c2ccccc2)n1. The van der Waals surface area contributed by atoms with Gasteiger partial charge in [-0.25, -0.2) is 8.42 Å². The van der Waals surface area contributed by atoms with Crippen LogP contribution in [0.2, 0.25) is 0 Å². The molecule has 0 fully saturated rings. The van der Waals surface area contributed by atoms with Crippen LogP contribution in [0.25, 0.3) is 11.3 Å². The minimum Gasteiger partial charge on any atom is -0.363 e. The molecule has 0 aliphatic rings. The molecule has 0 bridgehead atoms. The monoisotopic (exact) mass is 304 g/mol. The van der Waals surface area contributed by atoms with Gasteiger partial charge in [-0.1, -0.05) is 35.5 Å². The van der Waals surface area contributed by atoms with Crippen LogP contribution in [-0.4, -0.2) is 23.4 Å². The summed E-state index contributed by atoms with van der Waals surface area (Å²) in [5, 5.41) is 7.77. The third-order valence-corrected chi connectivity index (χ3v) is 4.16. The molecule has 108 valence electrons. The van der Waals surface area contributed by atoms with Crippen molar-refractivity contribution >= 4 is 15.8 Å². The maximum atomic E-state index is 12.5. The van der Waals surface area contributed by atoms with Gasteiger partial charge in [-0.3, -0.25) is 9.40 Å². The molecule has 0 aliphatic carbocycles. The lowest BCUT2D eigenvalue weighted by Crippen LogP contribution is -2.13. The lowest BCUT2D eigenvalue weighted by molar-refractivity contribution is 0.423. The quantitative estimate of drug-likeness (QED) is 0.794. The number of aromatic nitrogens is 3. The highest BCUT2D eigenvalue weighted by Crippen LogP contribution is 2.26. The normalized spacial score (nSPS) is 11.5. The summed E-state index contributed by atoms with van der Waals surface area (Å²) in [4.78, 5) is 0.0826. The number of sulfonamides is 1. The van der Waals surface area contributed by atoms with Crippen LogP contribution in [0.3, 0.4) is 0 Å². The molecular formula is C13H12N4O3S. The third-order valence-electron chi connectivity index (χ3n) is 2.81. The van der Waals surface area contributed by atoms with E-state index in [0.717, 1.165) is 5.56 Å². The summed E-state index contributed by atoms with van der Waals surface area (Å²) in [6.07, 6.45) is 2.74. The van der Waals surface area contributed by atoms with Crippen molar-refractivity contribution < 1.29 is 12.9 Å². The maximum Gasteiger partial charge on any atom is 0.266 e. The fraction of sp³-hybridized carbons (Fsp3) is 0.0769. The summed E-state index contributed by atoms with van der Waals surface area (Å²) in [5.74, 6) is 0.123. The predicted molar refractivity (Wildman–Crippen MR) is 76.0 cm³/mol. The lowest BCUT2D eigenvalue weighted by atomic mass is 10.2. The molecule has 1 aromatic carbocycles. The Morgan fingerprint density at radius 2 is 1.95 bits per heavy atom. The molecule has 0 atom stereocenters. The average Bonchev–Trinajstić information content (AvgIpc) is 3.09. The minimum absolute atomic E-state index is 0.0826. The topological polar surface area (TPSA) is 90.0 Å². The summed E-state index contributed by atoms with van der Waals surface area (Å²) in [7, 11) is -2.13. The van der Waals surface area contributed by atoms with E-state index in [9.17, 15) is 8.42 Å². The van der Waals surface area contributed by atoms with Crippen LogP contribution in [0.15, 0.2) is 58.3 Å². The zero-order valence-corrected chi connectivity index (χ0v) is 11.9. The van der Waals surface area contributed by atoms with Crippen molar-refractivity contribution in [3.05, 3.63) is 48.9 Å². The van der Waals surface area contributed by atoms with Gasteiger partial charge < -0.3 is 4.52 Å². The number of nitrogens with zero attached hydrogens (tertiary/aromatic N) is 3. The first-order valence-electron chi connectivity index (χ1n) is 6.08. The van der Waals surface area contributed by atoms with E-state index in [2.05, 4.69) is 19.5 Å². The molecule has 3 aromatic rings. The molecule has 7 nitrogen and oxygen atoms in total. The molecule has 0 saturated heterocycles.